The van der Waals surface area contributed by atoms with Gasteiger partial charge in [-0.3, -0.25) is 15.1 Å². The van der Waals surface area contributed by atoms with Gasteiger partial charge >= 0.3 is 0 Å². The van der Waals surface area contributed by atoms with Gasteiger partial charge in [0.2, 0.25) is 5.95 Å². The van der Waals surface area contributed by atoms with Crippen LogP contribution in [-0.2, 0) is 19.4 Å². The highest BCUT2D eigenvalue weighted by Crippen LogP contribution is 2.38. The number of aromatic amines is 1. The Kier molecular flexibility index (Phi) is 4.37. The zero-order valence-corrected chi connectivity index (χ0v) is 15.8. The van der Waals surface area contributed by atoms with Crippen LogP contribution in [0.15, 0.2) is 24.5 Å². The van der Waals surface area contributed by atoms with Crippen molar-refractivity contribution in [3.63, 3.8) is 0 Å². The molecule has 27 heavy (non-hydrogen) atoms. The first-order valence-corrected chi connectivity index (χ1v) is 9.15. The first kappa shape index (κ1) is 17.6. The second-order valence-corrected chi connectivity index (χ2v) is 7.94. The van der Waals surface area contributed by atoms with Gasteiger partial charge in [-0.25, -0.2) is 4.98 Å². The molecule has 0 saturated heterocycles. The van der Waals surface area contributed by atoms with Crippen molar-refractivity contribution < 1.29 is 4.39 Å². The van der Waals surface area contributed by atoms with E-state index in [4.69, 9.17) is 0 Å². The number of anilines is 1. The van der Waals surface area contributed by atoms with Gasteiger partial charge in [-0.2, -0.15) is 9.49 Å². The second-order valence-electron chi connectivity index (χ2n) is 7.94. The SMILES string of the molecule is Cc1cnc(CNc2cc(-c3n[nH]c4c3CCC(C)(C)C4)cc(F)n2)cn1. The van der Waals surface area contributed by atoms with E-state index in [2.05, 4.69) is 44.3 Å². The first-order chi connectivity index (χ1) is 12.9. The Morgan fingerprint density at radius 1 is 1.22 bits per heavy atom. The van der Waals surface area contributed by atoms with E-state index in [1.54, 1.807) is 12.4 Å². The number of hydrogen-bond acceptors (Lipinski definition) is 5. The molecule has 0 saturated carbocycles. The Morgan fingerprint density at radius 2 is 2.07 bits per heavy atom. The number of aryl methyl sites for hydroxylation is 1. The largest absolute Gasteiger partial charge is 0.364 e. The maximum absolute atomic E-state index is 14.1. The van der Waals surface area contributed by atoms with Crippen LogP contribution in [0.3, 0.4) is 0 Å². The highest BCUT2D eigenvalue weighted by molar-refractivity contribution is 5.67. The predicted octanol–water partition coefficient (Wildman–Crippen LogP) is 3.84. The third kappa shape index (κ3) is 3.82. The van der Waals surface area contributed by atoms with E-state index >= 15 is 0 Å². The van der Waals surface area contributed by atoms with Crippen molar-refractivity contribution in [3.05, 3.63) is 53.1 Å². The van der Waals surface area contributed by atoms with E-state index < -0.39 is 5.95 Å². The summed E-state index contributed by atoms with van der Waals surface area (Å²) < 4.78 is 14.1. The molecule has 2 N–H and O–H groups in total. The first-order valence-electron chi connectivity index (χ1n) is 9.15. The molecule has 3 aromatic rings. The van der Waals surface area contributed by atoms with Crippen molar-refractivity contribution >= 4 is 5.82 Å². The van der Waals surface area contributed by atoms with Crippen molar-refractivity contribution in [1.29, 1.82) is 0 Å². The van der Waals surface area contributed by atoms with Crippen LogP contribution in [-0.4, -0.2) is 25.1 Å². The number of pyridine rings is 1. The Balaban J connectivity index is 1.58. The molecule has 1 aliphatic rings. The van der Waals surface area contributed by atoms with Crippen molar-refractivity contribution in [2.45, 2.75) is 46.6 Å². The van der Waals surface area contributed by atoms with Crippen LogP contribution in [0.4, 0.5) is 10.2 Å². The molecule has 140 valence electrons. The molecular formula is C20H23FN6. The van der Waals surface area contributed by atoms with Crippen LogP contribution in [0, 0.1) is 18.3 Å². The fourth-order valence-electron chi connectivity index (χ4n) is 3.50. The molecule has 0 bridgehead atoms. The van der Waals surface area contributed by atoms with Gasteiger partial charge in [0.1, 0.15) is 5.82 Å². The average molecular weight is 366 g/mol. The molecule has 0 aromatic carbocycles. The lowest BCUT2D eigenvalue weighted by Crippen LogP contribution is -2.21. The molecule has 0 fully saturated rings. The van der Waals surface area contributed by atoms with Gasteiger partial charge in [0, 0.05) is 29.1 Å². The molecule has 7 heteroatoms. The lowest BCUT2D eigenvalue weighted by Gasteiger charge is -2.29. The summed E-state index contributed by atoms with van der Waals surface area (Å²) in [6.07, 6.45) is 6.41. The summed E-state index contributed by atoms with van der Waals surface area (Å²) in [6, 6.07) is 3.27. The summed E-state index contributed by atoms with van der Waals surface area (Å²) in [5.74, 6) is -0.0712. The standard InChI is InChI=1S/C20H23FN6/c1-12-9-23-14(10-22-12)11-24-18-7-13(6-17(21)25-18)19-15-4-5-20(2,3)8-16(15)26-27-19/h6-7,9-10H,4-5,8,11H2,1-3H3,(H,24,25)(H,26,27). The lowest BCUT2D eigenvalue weighted by molar-refractivity contribution is 0.312. The molecule has 3 heterocycles. The van der Waals surface area contributed by atoms with Crippen molar-refractivity contribution in [2.75, 3.05) is 5.32 Å². The van der Waals surface area contributed by atoms with Crippen LogP contribution in [0.5, 0.6) is 0 Å². The highest BCUT2D eigenvalue weighted by Gasteiger charge is 2.29. The minimum absolute atomic E-state index is 0.266. The van der Waals surface area contributed by atoms with Gasteiger partial charge < -0.3 is 5.32 Å². The van der Waals surface area contributed by atoms with Crippen LogP contribution < -0.4 is 5.32 Å². The van der Waals surface area contributed by atoms with Gasteiger partial charge in [0.15, 0.2) is 0 Å². The zero-order valence-electron chi connectivity index (χ0n) is 15.8. The monoisotopic (exact) mass is 366 g/mol. The summed E-state index contributed by atoms with van der Waals surface area (Å²) in [5.41, 5.74) is 5.79. The molecule has 1 aliphatic carbocycles. The molecule has 0 atom stereocenters. The maximum atomic E-state index is 14.1. The Labute approximate surface area is 157 Å². The number of fused-ring (bicyclic) bond motifs is 1. The van der Waals surface area contributed by atoms with E-state index in [9.17, 15) is 4.39 Å². The summed E-state index contributed by atoms with van der Waals surface area (Å²) in [7, 11) is 0. The van der Waals surface area contributed by atoms with E-state index in [1.807, 2.05) is 13.0 Å². The number of nitrogens with zero attached hydrogens (tertiary/aromatic N) is 4. The van der Waals surface area contributed by atoms with Crippen LogP contribution >= 0.6 is 0 Å². The van der Waals surface area contributed by atoms with Crippen LogP contribution in [0.1, 0.15) is 42.9 Å². The fourth-order valence-corrected chi connectivity index (χ4v) is 3.50. The van der Waals surface area contributed by atoms with E-state index in [0.29, 0.717) is 12.4 Å². The smallest absolute Gasteiger partial charge is 0.215 e. The Bertz CT molecular complexity index is 961. The number of aromatic nitrogens is 5. The molecule has 0 radical (unpaired) electrons. The molecule has 0 spiro atoms. The number of H-pyrrole nitrogens is 1. The second kappa shape index (κ2) is 6.72. The summed E-state index contributed by atoms with van der Waals surface area (Å²) in [5, 5.41) is 10.8. The molecule has 6 nitrogen and oxygen atoms in total. The minimum atomic E-state index is -0.530. The quantitative estimate of drug-likeness (QED) is 0.686. The lowest BCUT2D eigenvalue weighted by atomic mass is 9.76. The molecule has 0 aliphatic heterocycles. The molecule has 4 rings (SSSR count). The number of rotatable bonds is 4. The predicted molar refractivity (Wildman–Crippen MR) is 102 cm³/mol. The third-order valence-electron chi connectivity index (χ3n) is 5.01. The normalized spacial score (nSPS) is 15.4. The summed E-state index contributed by atoms with van der Waals surface area (Å²) >= 11 is 0. The summed E-state index contributed by atoms with van der Waals surface area (Å²) in [6.45, 7) is 6.84. The highest BCUT2D eigenvalue weighted by atomic mass is 19.1. The summed E-state index contributed by atoms with van der Waals surface area (Å²) in [4.78, 5) is 12.5. The van der Waals surface area contributed by atoms with Crippen molar-refractivity contribution in [1.82, 2.24) is 25.1 Å². The van der Waals surface area contributed by atoms with E-state index in [0.717, 1.165) is 47.6 Å². The Morgan fingerprint density at radius 3 is 2.85 bits per heavy atom. The van der Waals surface area contributed by atoms with E-state index in [1.165, 1.54) is 11.6 Å². The molecule has 0 amide bonds. The molecule has 0 unspecified atom stereocenters. The maximum Gasteiger partial charge on any atom is 0.215 e. The number of halogens is 1. The topological polar surface area (TPSA) is 79.4 Å². The van der Waals surface area contributed by atoms with Gasteiger partial charge in [0.25, 0.3) is 0 Å². The zero-order chi connectivity index (χ0) is 19.0. The average Bonchev–Trinajstić information content (AvgIpc) is 3.02. The van der Waals surface area contributed by atoms with Crippen molar-refractivity contribution in [2.24, 2.45) is 5.41 Å². The third-order valence-corrected chi connectivity index (χ3v) is 5.01. The Hall–Kier alpha value is -2.83. The fraction of sp³-hybridized carbons (Fsp3) is 0.400. The van der Waals surface area contributed by atoms with E-state index in [-0.39, 0.29) is 5.41 Å². The van der Waals surface area contributed by atoms with Gasteiger partial charge in [-0.1, -0.05) is 13.8 Å². The van der Waals surface area contributed by atoms with Crippen molar-refractivity contribution in [3.8, 4) is 11.3 Å². The van der Waals surface area contributed by atoms with Gasteiger partial charge in [-0.15, -0.1) is 0 Å². The minimum Gasteiger partial charge on any atom is -0.364 e. The number of nitrogens with one attached hydrogen (secondary N) is 2. The van der Waals surface area contributed by atoms with Crippen LogP contribution in [0.2, 0.25) is 0 Å². The number of hydrogen-bond donors (Lipinski definition) is 2. The van der Waals surface area contributed by atoms with Crippen LogP contribution in [0.25, 0.3) is 11.3 Å². The molecular weight excluding hydrogens is 343 g/mol. The van der Waals surface area contributed by atoms with Gasteiger partial charge in [0.05, 0.1) is 29.8 Å². The van der Waals surface area contributed by atoms with Gasteiger partial charge in [-0.05, 0) is 37.7 Å². The molecule has 3 aromatic heterocycles.